The number of benzene rings is 1. The van der Waals surface area contributed by atoms with Crippen LogP contribution in [-0.4, -0.2) is 60.4 Å². The van der Waals surface area contributed by atoms with Crippen molar-refractivity contribution in [2.75, 3.05) is 38.1 Å². The summed E-state index contributed by atoms with van der Waals surface area (Å²) in [7, 11) is 0. The molecule has 0 spiro atoms. The summed E-state index contributed by atoms with van der Waals surface area (Å²) in [4.78, 5) is 39.4. The first-order valence-corrected chi connectivity index (χ1v) is 9.10. The zero-order chi connectivity index (χ0) is 19.9. The quantitative estimate of drug-likeness (QED) is 0.762. The molecule has 3 rings (SSSR count). The number of esters is 1. The Morgan fingerprint density at radius 2 is 1.75 bits per heavy atom. The summed E-state index contributed by atoms with van der Waals surface area (Å²) >= 11 is 0. The lowest BCUT2D eigenvalue weighted by atomic mass is 10.2. The Morgan fingerprint density at radius 3 is 2.43 bits per heavy atom. The van der Waals surface area contributed by atoms with Gasteiger partial charge in [-0.15, -0.1) is 0 Å². The first-order chi connectivity index (χ1) is 13.5. The van der Waals surface area contributed by atoms with E-state index >= 15 is 0 Å². The number of hydrogen-bond acceptors (Lipinski definition) is 6. The number of nitrogens with one attached hydrogen (secondary N) is 1. The second-order valence-electron chi connectivity index (χ2n) is 6.44. The van der Waals surface area contributed by atoms with Crippen molar-refractivity contribution in [2.45, 2.75) is 13.5 Å². The molecule has 1 fully saturated rings. The molecule has 28 heavy (non-hydrogen) atoms. The lowest BCUT2D eigenvalue weighted by molar-refractivity contribution is -0.140. The molecule has 1 aromatic heterocycles. The Morgan fingerprint density at radius 1 is 1.04 bits per heavy atom. The summed E-state index contributed by atoms with van der Waals surface area (Å²) in [6, 6.07) is 10.6. The maximum Gasteiger partial charge on any atom is 0.340 e. The predicted molar refractivity (Wildman–Crippen MR) is 102 cm³/mol. The SMILES string of the molecule is CC(=O)N1CCN(C(=O)COC(=O)c2ccccc2NCc2ccco2)CC1. The summed E-state index contributed by atoms with van der Waals surface area (Å²) in [5.74, 6) is -0.101. The third-order valence-electron chi connectivity index (χ3n) is 4.58. The fourth-order valence-corrected chi connectivity index (χ4v) is 2.98. The number of anilines is 1. The van der Waals surface area contributed by atoms with E-state index in [1.54, 1.807) is 46.4 Å². The molecule has 1 saturated heterocycles. The highest BCUT2D eigenvalue weighted by Crippen LogP contribution is 2.17. The smallest absolute Gasteiger partial charge is 0.340 e. The molecule has 1 aliphatic rings. The molecule has 0 unspecified atom stereocenters. The van der Waals surface area contributed by atoms with Gasteiger partial charge in [0.1, 0.15) is 5.76 Å². The number of carbonyl (C=O) groups is 3. The normalized spacial score (nSPS) is 13.9. The topological polar surface area (TPSA) is 92.1 Å². The Balaban J connectivity index is 1.52. The van der Waals surface area contributed by atoms with Gasteiger partial charge >= 0.3 is 5.97 Å². The highest BCUT2D eigenvalue weighted by atomic mass is 16.5. The first kappa shape index (κ1) is 19.5. The Kier molecular flexibility index (Phi) is 6.31. The minimum absolute atomic E-state index is 0.00261. The fourth-order valence-electron chi connectivity index (χ4n) is 2.98. The molecule has 1 aliphatic heterocycles. The minimum Gasteiger partial charge on any atom is -0.467 e. The molecule has 0 saturated carbocycles. The zero-order valence-corrected chi connectivity index (χ0v) is 15.7. The average molecular weight is 385 g/mol. The number of nitrogens with zero attached hydrogens (tertiary/aromatic N) is 2. The highest BCUT2D eigenvalue weighted by molar-refractivity contribution is 5.96. The van der Waals surface area contributed by atoms with Crippen LogP contribution in [0.25, 0.3) is 0 Å². The maximum absolute atomic E-state index is 12.4. The van der Waals surface area contributed by atoms with Crippen LogP contribution in [0.5, 0.6) is 0 Å². The minimum atomic E-state index is -0.571. The molecular weight excluding hydrogens is 362 g/mol. The van der Waals surface area contributed by atoms with E-state index in [9.17, 15) is 14.4 Å². The van der Waals surface area contributed by atoms with Gasteiger partial charge in [-0.25, -0.2) is 4.79 Å². The number of para-hydroxylation sites is 1. The lowest BCUT2D eigenvalue weighted by Crippen LogP contribution is -2.51. The van der Waals surface area contributed by atoms with E-state index in [0.29, 0.717) is 44.0 Å². The molecule has 8 nitrogen and oxygen atoms in total. The molecule has 2 heterocycles. The third kappa shape index (κ3) is 4.91. The molecule has 8 heteroatoms. The molecule has 0 aliphatic carbocycles. The Hall–Kier alpha value is -3.29. The van der Waals surface area contributed by atoms with Gasteiger partial charge in [-0.3, -0.25) is 9.59 Å². The van der Waals surface area contributed by atoms with Crippen molar-refractivity contribution in [3.63, 3.8) is 0 Å². The van der Waals surface area contributed by atoms with E-state index in [2.05, 4.69) is 5.32 Å². The summed E-state index contributed by atoms with van der Waals surface area (Å²) in [6.45, 7) is 3.48. The number of ether oxygens (including phenoxy) is 1. The molecule has 0 radical (unpaired) electrons. The van der Waals surface area contributed by atoms with Crippen LogP contribution >= 0.6 is 0 Å². The molecule has 2 amide bonds. The van der Waals surface area contributed by atoms with Gasteiger partial charge in [0.05, 0.1) is 18.4 Å². The maximum atomic E-state index is 12.4. The van der Waals surface area contributed by atoms with Crippen LogP contribution < -0.4 is 5.32 Å². The van der Waals surface area contributed by atoms with Crippen LogP contribution in [0.15, 0.2) is 47.1 Å². The monoisotopic (exact) mass is 385 g/mol. The highest BCUT2D eigenvalue weighted by Gasteiger charge is 2.23. The summed E-state index contributed by atoms with van der Waals surface area (Å²) < 4.78 is 10.5. The summed E-state index contributed by atoms with van der Waals surface area (Å²) in [5, 5.41) is 3.14. The number of carbonyl (C=O) groups excluding carboxylic acids is 3. The van der Waals surface area contributed by atoms with Crippen LogP contribution in [0.1, 0.15) is 23.0 Å². The van der Waals surface area contributed by atoms with Crippen molar-refractivity contribution in [3.8, 4) is 0 Å². The van der Waals surface area contributed by atoms with E-state index in [0.717, 1.165) is 5.76 Å². The average Bonchev–Trinajstić information content (AvgIpc) is 3.24. The van der Waals surface area contributed by atoms with Crippen molar-refractivity contribution in [2.24, 2.45) is 0 Å². The van der Waals surface area contributed by atoms with Crippen molar-refractivity contribution in [3.05, 3.63) is 54.0 Å². The van der Waals surface area contributed by atoms with E-state index in [1.165, 1.54) is 6.92 Å². The standard InChI is InChI=1S/C20H23N3O5/c1-15(24)22-8-10-23(11-9-22)19(25)14-28-20(26)17-6-2-3-7-18(17)21-13-16-5-4-12-27-16/h2-7,12,21H,8-11,13-14H2,1H3. The van der Waals surface area contributed by atoms with E-state index in [4.69, 9.17) is 9.15 Å². The van der Waals surface area contributed by atoms with Crippen LogP contribution in [0, 0.1) is 0 Å². The van der Waals surface area contributed by atoms with Gasteiger partial charge in [0.25, 0.3) is 5.91 Å². The van der Waals surface area contributed by atoms with Crippen molar-refractivity contribution in [1.29, 1.82) is 0 Å². The van der Waals surface area contributed by atoms with E-state index in [1.807, 2.05) is 6.07 Å². The molecule has 2 aromatic rings. The van der Waals surface area contributed by atoms with Gasteiger partial charge in [-0.05, 0) is 24.3 Å². The van der Waals surface area contributed by atoms with Crippen LogP contribution in [0.3, 0.4) is 0 Å². The number of amides is 2. The van der Waals surface area contributed by atoms with Crippen molar-refractivity contribution in [1.82, 2.24) is 9.80 Å². The Bertz CT molecular complexity index is 826. The number of hydrogen-bond donors (Lipinski definition) is 1. The van der Waals surface area contributed by atoms with E-state index in [-0.39, 0.29) is 18.4 Å². The number of furan rings is 1. The third-order valence-corrected chi connectivity index (χ3v) is 4.58. The molecule has 0 bridgehead atoms. The van der Waals surface area contributed by atoms with Crippen molar-refractivity contribution < 1.29 is 23.5 Å². The van der Waals surface area contributed by atoms with Gasteiger partial charge in [0.15, 0.2) is 6.61 Å². The molecule has 1 N–H and O–H groups in total. The van der Waals surface area contributed by atoms with Gasteiger partial charge in [-0.2, -0.15) is 0 Å². The summed E-state index contributed by atoms with van der Waals surface area (Å²) in [5.41, 5.74) is 0.953. The number of piperazine rings is 1. The molecule has 1 aromatic carbocycles. The van der Waals surface area contributed by atoms with Crippen LogP contribution in [0.4, 0.5) is 5.69 Å². The molecule has 148 valence electrons. The van der Waals surface area contributed by atoms with Crippen LogP contribution in [-0.2, 0) is 20.9 Å². The Labute approximate surface area is 163 Å². The largest absolute Gasteiger partial charge is 0.467 e. The van der Waals surface area contributed by atoms with E-state index < -0.39 is 5.97 Å². The van der Waals surface area contributed by atoms with Gasteiger partial charge < -0.3 is 24.3 Å². The second-order valence-corrected chi connectivity index (χ2v) is 6.44. The fraction of sp³-hybridized carbons (Fsp3) is 0.350. The zero-order valence-electron chi connectivity index (χ0n) is 15.7. The predicted octanol–water partition coefficient (Wildman–Crippen LogP) is 1.74. The van der Waals surface area contributed by atoms with Crippen LogP contribution in [0.2, 0.25) is 0 Å². The van der Waals surface area contributed by atoms with Gasteiger partial charge in [-0.1, -0.05) is 12.1 Å². The molecule has 0 atom stereocenters. The molecular formula is C20H23N3O5. The number of rotatable bonds is 6. The second kappa shape index (κ2) is 9.07. The van der Waals surface area contributed by atoms with Gasteiger partial charge in [0.2, 0.25) is 5.91 Å². The summed E-state index contributed by atoms with van der Waals surface area (Å²) in [6.07, 6.45) is 1.58. The first-order valence-electron chi connectivity index (χ1n) is 9.10. The van der Waals surface area contributed by atoms with Gasteiger partial charge in [0, 0.05) is 38.8 Å². The lowest BCUT2D eigenvalue weighted by Gasteiger charge is -2.34. The van der Waals surface area contributed by atoms with Crippen molar-refractivity contribution >= 4 is 23.5 Å².